The number of rotatable bonds is 1. The highest BCUT2D eigenvalue weighted by molar-refractivity contribution is 5.82. The van der Waals surface area contributed by atoms with Gasteiger partial charge in [-0.3, -0.25) is 9.89 Å². The van der Waals surface area contributed by atoms with E-state index in [0.717, 1.165) is 17.8 Å². The van der Waals surface area contributed by atoms with Crippen molar-refractivity contribution in [1.82, 2.24) is 10.2 Å². The van der Waals surface area contributed by atoms with Gasteiger partial charge in [-0.2, -0.15) is 5.10 Å². The summed E-state index contributed by atoms with van der Waals surface area (Å²) in [4.78, 5) is 11.2. The molecule has 0 atom stereocenters. The van der Waals surface area contributed by atoms with Crippen molar-refractivity contribution in [3.63, 3.8) is 0 Å². The molecule has 0 amide bonds. The summed E-state index contributed by atoms with van der Waals surface area (Å²) in [6, 6.07) is 0. The normalized spacial score (nSPS) is 16.4. The summed E-state index contributed by atoms with van der Waals surface area (Å²) >= 11 is 0. The molecule has 0 saturated carbocycles. The predicted octanol–water partition coefficient (Wildman–Crippen LogP) is 1.59. The summed E-state index contributed by atoms with van der Waals surface area (Å²) < 4.78 is 0. The largest absolute Gasteiger partial charge is 0.299 e. The number of aromatic amines is 1. The highest BCUT2D eigenvalue weighted by Gasteiger charge is 2.22. The fourth-order valence-electron chi connectivity index (χ4n) is 1.87. The molecule has 1 aliphatic carbocycles. The number of nitrogens with zero attached hydrogens (tertiary/aromatic N) is 1. The zero-order valence-corrected chi connectivity index (χ0v) is 8.05. The van der Waals surface area contributed by atoms with Gasteiger partial charge in [-0.05, 0) is 17.9 Å². The molecule has 1 aromatic rings. The Balaban J connectivity index is 2.38. The lowest BCUT2D eigenvalue weighted by molar-refractivity contribution is -0.118. The molecule has 1 aliphatic rings. The summed E-state index contributed by atoms with van der Waals surface area (Å²) in [5.74, 6) is 0.777. The van der Waals surface area contributed by atoms with Gasteiger partial charge < -0.3 is 0 Å². The van der Waals surface area contributed by atoms with Gasteiger partial charge in [0.2, 0.25) is 0 Å². The van der Waals surface area contributed by atoms with E-state index >= 15 is 0 Å². The molecule has 3 heteroatoms. The number of carbonyl (C=O) groups is 1. The van der Waals surface area contributed by atoms with Crippen molar-refractivity contribution in [3.05, 3.63) is 17.0 Å². The Morgan fingerprint density at radius 3 is 2.85 bits per heavy atom. The van der Waals surface area contributed by atoms with Crippen molar-refractivity contribution in [1.29, 1.82) is 0 Å². The smallest absolute Gasteiger partial charge is 0.139 e. The number of fused-ring (bicyclic) bond motifs is 1. The maximum atomic E-state index is 11.2. The van der Waals surface area contributed by atoms with E-state index in [-0.39, 0.29) is 0 Å². The van der Waals surface area contributed by atoms with Gasteiger partial charge in [-0.1, -0.05) is 13.8 Å². The first kappa shape index (κ1) is 8.48. The zero-order chi connectivity index (χ0) is 9.42. The molecule has 13 heavy (non-hydrogen) atoms. The van der Waals surface area contributed by atoms with Gasteiger partial charge in [0.25, 0.3) is 0 Å². The molecular formula is C10H14N2O. The topological polar surface area (TPSA) is 45.8 Å². The standard InChI is InChI=1S/C10H14N2O/c1-6(2)10-8-4-3-7(13)5-9(8)11-12-10/h6H,3-5H2,1-2H3,(H,11,12). The van der Waals surface area contributed by atoms with Gasteiger partial charge in [0.1, 0.15) is 5.78 Å². The van der Waals surface area contributed by atoms with Crippen LogP contribution in [0.5, 0.6) is 0 Å². The van der Waals surface area contributed by atoms with Gasteiger partial charge >= 0.3 is 0 Å². The van der Waals surface area contributed by atoms with Gasteiger partial charge in [-0.25, -0.2) is 0 Å². The molecule has 70 valence electrons. The molecule has 1 heterocycles. The Morgan fingerprint density at radius 1 is 1.38 bits per heavy atom. The number of H-pyrrole nitrogens is 1. The second-order valence-electron chi connectivity index (χ2n) is 3.94. The average molecular weight is 178 g/mol. The Hall–Kier alpha value is -1.12. The lowest BCUT2D eigenvalue weighted by atomic mass is 9.92. The van der Waals surface area contributed by atoms with Gasteiger partial charge in [0.05, 0.1) is 5.69 Å². The summed E-state index contributed by atoms with van der Waals surface area (Å²) in [5, 5.41) is 7.22. The lowest BCUT2D eigenvalue weighted by Gasteiger charge is -2.11. The highest BCUT2D eigenvalue weighted by atomic mass is 16.1. The first-order valence-electron chi connectivity index (χ1n) is 4.76. The van der Waals surface area contributed by atoms with Crippen LogP contribution in [0.3, 0.4) is 0 Å². The fourth-order valence-corrected chi connectivity index (χ4v) is 1.87. The second-order valence-corrected chi connectivity index (χ2v) is 3.94. The molecule has 0 bridgehead atoms. The third-order valence-corrected chi connectivity index (χ3v) is 2.56. The number of hydrogen-bond acceptors (Lipinski definition) is 2. The SMILES string of the molecule is CC(C)c1n[nH]c2c1CCC(=O)C2. The maximum absolute atomic E-state index is 11.2. The van der Waals surface area contributed by atoms with Gasteiger partial charge in [0.15, 0.2) is 0 Å². The molecule has 0 aliphatic heterocycles. The van der Waals surface area contributed by atoms with E-state index in [4.69, 9.17) is 0 Å². The summed E-state index contributed by atoms with van der Waals surface area (Å²) in [5.41, 5.74) is 3.47. The van der Waals surface area contributed by atoms with Crippen molar-refractivity contribution in [3.8, 4) is 0 Å². The molecule has 1 N–H and O–H groups in total. The number of carbonyl (C=O) groups excluding carboxylic acids is 1. The van der Waals surface area contributed by atoms with Crippen LogP contribution < -0.4 is 0 Å². The number of nitrogens with one attached hydrogen (secondary N) is 1. The zero-order valence-electron chi connectivity index (χ0n) is 8.05. The van der Waals surface area contributed by atoms with Crippen LogP contribution in [0.2, 0.25) is 0 Å². The van der Waals surface area contributed by atoms with Gasteiger partial charge in [-0.15, -0.1) is 0 Å². The summed E-state index contributed by atoms with van der Waals surface area (Å²) in [7, 11) is 0. The van der Waals surface area contributed by atoms with E-state index < -0.39 is 0 Å². The van der Waals surface area contributed by atoms with E-state index in [9.17, 15) is 4.79 Å². The molecule has 0 radical (unpaired) electrons. The second kappa shape index (κ2) is 2.98. The fraction of sp³-hybridized carbons (Fsp3) is 0.600. The predicted molar refractivity (Wildman–Crippen MR) is 49.7 cm³/mol. The molecule has 0 unspecified atom stereocenters. The third-order valence-electron chi connectivity index (χ3n) is 2.56. The minimum absolute atomic E-state index is 0.325. The van der Waals surface area contributed by atoms with Crippen molar-refractivity contribution in [2.24, 2.45) is 0 Å². The van der Waals surface area contributed by atoms with E-state index in [1.165, 1.54) is 5.56 Å². The van der Waals surface area contributed by atoms with Crippen molar-refractivity contribution >= 4 is 5.78 Å². The number of Topliss-reactive ketones (excluding diaryl/α,β-unsaturated/α-hetero) is 1. The van der Waals surface area contributed by atoms with Crippen LogP contribution >= 0.6 is 0 Å². The highest BCUT2D eigenvalue weighted by Crippen LogP contribution is 2.25. The Labute approximate surface area is 77.5 Å². The maximum Gasteiger partial charge on any atom is 0.139 e. The third kappa shape index (κ3) is 1.39. The van der Waals surface area contributed by atoms with Crippen LogP contribution in [-0.4, -0.2) is 16.0 Å². The molecular weight excluding hydrogens is 164 g/mol. The van der Waals surface area contributed by atoms with Crippen LogP contribution in [0, 0.1) is 0 Å². The molecule has 0 saturated heterocycles. The van der Waals surface area contributed by atoms with Crippen molar-refractivity contribution < 1.29 is 4.79 Å². The molecule has 2 rings (SSSR count). The lowest BCUT2D eigenvalue weighted by Crippen LogP contribution is -2.13. The molecule has 0 fully saturated rings. The van der Waals surface area contributed by atoms with E-state index in [2.05, 4.69) is 24.0 Å². The quantitative estimate of drug-likeness (QED) is 0.709. The minimum Gasteiger partial charge on any atom is -0.299 e. The molecule has 3 nitrogen and oxygen atoms in total. The molecule has 0 aromatic carbocycles. The Kier molecular flexibility index (Phi) is 1.94. The minimum atomic E-state index is 0.325. The summed E-state index contributed by atoms with van der Waals surface area (Å²) in [6.45, 7) is 4.26. The molecule has 0 spiro atoms. The van der Waals surface area contributed by atoms with E-state index in [1.54, 1.807) is 0 Å². The number of ketones is 1. The van der Waals surface area contributed by atoms with Gasteiger partial charge in [0, 0.05) is 18.5 Å². The Bertz CT molecular complexity index is 339. The van der Waals surface area contributed by atoms with Crippen LogP contribution in [0.4, 0.5) is 0 Å². The molecule has 1 aromatic heterocycles. The first-order chi connectivity index (χ1) is 6.18. The van der Waals surface area contributed by atoms with Crippen LogP contribution in [0.15, 0.2) is 0 Å². The van der Waals surface area contributed by atoms with Crippen molar-refractivity contribution in [2.75, 3.05) is 0 Å². The summed E-state index contributed by atoms with van der Waals surface area (Å²) in [6.07, 6.45) is 2.11. The number of hydrogen-bond donors (Lipinski definition) is 1. The van der Waals surface area contributed by atoms with Crippen LogP contribution in [0.25, 0.3) is 0 Å². The van der Waals surface area contributed by atoms with Crippen molar-refractivity contribution in [2.45, 2.75) is 39.0 Å². The van der Waals surface area contributed by atoms with Crippen LogP contribution in [-0.2, 0) is 17.6 Å². The Morgan fingerprint density at radius 2 is 2.15 bits per heavy atom. The average Bonchev–Trinajstić information content (AvgIpc) is 2.46. The van der Waals surface area contributed by atoms with Crippen LogP contribution in [0.1, 0.15) is 43.1 Å². The first-order valence-corrected chi connectivity index (χ1v) is 4.76. The van der Waals surface area contributed by atoms with E-state index in [1.807, 2.05) is 0 Å². The number of aromatic nitrogens is 2. The monoisotopic (exact) mass is 178 g/mol. The van der Waals surface area contributed by atoms with E-state index in [0.29, 0.717) is 24.5 Å².